The molecule has 1 aromatic heterocycles. The van der Waals surface area contributed by atoms with Crippen LogP contribution in [0.4, 0.5) is 11.6 Å². The van der Waals surface area contributed by atoms with Crippen molar-refractivity contribution in [2.45, 2.75) is 0 Å². The van der Waals surface area contributed by atoms with Gasteiger partial charge in [0.1, 0.15) is 6.33 Å². The lowest BCUT2D eigenvalue weighted by Gasteiger charge is -2.03. The Bertz CT molecular complexity index is 768. The number of hydrogen-bond donors (Lipinski definition) is 2. The Hall–Kier alpha value is -3.15. The number of para-hydroxylation sites is 1. The Kier molecular flexibility index (Phi) is 3.34. The summed E-state index contributed by atoms with van der Waals surface area (Å²) in [5.41, 5.74) is 1.74. The molecule has 1 heterocycles. The van der Waals surface area contributed by atoms with Crippen molar-refractivity contribution in [3.8, 4) is 5.69 Å². The summed E-state index contributed by atoms with van der Waals surface area (Å²) >= 11 is 0. The van der Waals surface area contributed by atoms with E-state index in [1.54, 1.807) is 23.1 Å². The summed E-state index contributed by atoms with van der Waals surface area (Å²) in [7, 11) is 0. The lowest BCUT2D eigenvalue weighted by molar-refractivity contribution is 0.0697. The summed E-state index contributed by atoms with van der Waals surface area (Å²) in [5, 5.41) is 16.2. The van der Waals surface area contributed by atoms with Gasteiger partial charge in [0.05, 0.1) is 11.3 Å². The van der Waals surface area contributed by atoms with E-state index in [2.05, 4.69) is 15.4 Å². The van der Waals surface area contributed by atoms with Crippen molar-refractivity contribution >= 4 is 17.6 Å². The van der Waals surface area contributed by atoms with Crippen molar-refractivity contribution < 1.29 is 9.90 Å². The standard InChI is InChI=1S/C15H12N4O2/c20-14(21)11-5-4-6-12(9-11)17-15-16-10-19(18-15)13-7-2-1-3-8-13/h1-10H,(H,17,18)(H,20,21). The molecule has 0 saturated heterocycles. The zero-order valence-electron chi connectivity index (χ0n) is 11.0. The number of carboxylic acids is 1. The van der Waals surface area contributed by atoms with Crippen LogP contribution in [0.15, 0.2) is 60.9 Å². The Morgan fingerprint density at radius 2 is 1.90 bits per heavy atom. The van der Waals surface area contributed by atoms with Crippen LogP contribution in [-0.2, 0) is 0 Å². The van der Waals surface area contributed by atoms with Crippen LogP contribution in [0, 0.1) is 0 Å². The van der Waals surface area contributed by atoms with Gasteiger partial charge in [-0.05, 0) is 30.3 Å². The molecule has 3 rings (SSSR count). The van der Waals surface area contributed by atoms with Crippen LogP contribution in [0.5, 0.6) is 0 Å². The molecule has 0 fully saturated rings. The fourth-order valence-electron chi connectivity index (χ4n) is 1.88. The number of hydrogen-bond acceptors (Lipinski definition) is 4. The molecular weight excluding hydrogens is 268 g/mol. The number of aromatic carboxylic acids is 1. The second-order valence-electron chi connectivity index (χ2n) is 4.36. The summed E-state index contributed by atoms with van der Waals surface area (Å²) in [5.74, 6) is -0.567. The maximum atomic E-state index is 10.9. The first-order valence-corrected chi connectivity index (χ1v) is 6.30. The van der Waals surface area contributed by atoms with Crippen LogP contribution < -0.4 is 5.32 Å². The Balaban J connectivity index is 1.82. The largest absolute Gasteiger partial charge is 0.478 e. The molecule has 0 amide bonds. The molecule has 104 valence electrons. The number of aromatic nitrogens is 3. The smallest absolute Gasteiger partial charge is 0.335 e. The van der Waals surface area contributed by atoms with Gasteiger partial charge in [0.15, 0.2) is 0 Å². The third-order valence-corrected chi connectivity index (χ3v) is 2.88. The van der Waals surface area contributed by atoms with Crippen molar-refractivity contribution in [2.75, 3.05) is 5.32 Å². The highest BCUT2D eigenvalue weighted by atomic mass is 16.4. The highest BCUT2D eigenvalue weighted by Crippen LogP contribution is 2.15. The second kappa shape index (κ2) is 5.46. The Labute approximate surface area is 120 Å². The quantitative estimate of drug-likeness (QED) is 0.768. The summed E-state index contributed by atoms with van der Waals surface area (Å²) in [6, 6.07) is 16.1. The molecular formula is C15H12N4O2. The van der Waals surface area contributed by atoms with E-state index in [9.17, 15) is 4.79 Å². The van der Waals surface area contributed by atoms with Gasteiger partial charge >= 0.3 is 5.97 Å². The number of rotatable bonds is 4. The topological polar surface area (TPSA) is 80.0 Å². The van der Waals surface area contributed by atoms with Gasteiger partial charge in [-0.2, -0.15) is 4.98 Å². The number of benzene rings is 2. The highest BCUT2D eigenvalue weighted by Gasteiger charge is 2.06. The predicted molar refractivity (Wildman–Crippen MR) is 78.0 cm³/mol. The number of anilines is 2. The SMILES string of the molecule is O=C(O)c1cccc(Nc2ncn(-c3ccccc3)n2)c1. The molecule has 21 heavy (non-hydrogen) atoms. The molecule has 0 spiro atoms. The normalized spacial score (nSPS) is 10.3. The van der Waals surface area contributed by atoms with E-state index in [-0.39, 0.29) is 5.56 Å². The molecule has 0 aliphatic carbocycles. The molecule has 6 nitrogen and oxygen atoms in total. The lowest BCUT2D eigenvalue weighted by atomic mass is 10.2. The van der Waals surface area contributed by atoms with Crippen molar-refractivity contribution in [1.82, 2.24) is 14.8 Å². The third kappa shape index (κ3) is 2.89. The van der Waals surface area contributed by atoms with Gasteiger partial charge in [0.25, 0.3) is 0 Å². The van der Waals surface area contributed by atoms with Crippen molar-refractivity contribution in [2.24, 2.45) is 0 Å². The van der Waals surface area contributed by atoms with Crippen molar-refractivity contribution in [3.63, 3.8) is 0 Å². The summed E-state index contributed by atoms with van der Waals surface area (Å²) in [6.45, 7) is 0. The highest BCUT2D eigenvalue weighted by molar-refractivity contribution is 5.88. The van der Waals surface area contributed by atoms with Crippen LogP contribution in [0.2, 0.25) is 0 Å². The van der Waals surface area contributed by atoms with Gasteiger partial charge in [-0.3, -0.25) is 0 Å². The maximum absolute atomic E-state index is 10.9. The molecule has 0 aliphatic rings. The van der Waals surface area contributed by atoms with E-state index in [4.69, 9.17) is 5.11 Å². The van der Waals surface area contributed by atoms with Crippen molar-refractivity contribution in [3.05, 3.63) is 66.5 Å². The molecule has 2 N–H and O–H groups in total. The second-order valence-corrected chi connectivity index (χ2v) is 4.36. The first-order chi connectivity index (χ1) is 10.2. The van der Waals surface area contributed by atoms with E-state index in [1.165, 1.54) is 12.1 Å². The monoisotopic (exact) mass is 280 g/mol. The number of nitrogens with one attached hydrogen (secondary N) is 1. The van der Waals surface area contributed by atoms with Gasteiger partial charge in [-0.1, -0.05) is 24.3 Å². The summed E-state index contributed by atoms with van der Waals surface area (Å²) in [6.07, 6.45) is 1.60. The average Bonchev–Trinajstić information content (AvgIpc) is 2.97. The van der Waals surface area contributed by atoms with Gasteiger partial charge in [-0.15, -0.1) is 5.10 Å². The molecule has 3 aromatic rings. The van der Waals surface area contributed by atoms with Gasteiger partial charge < -0.3 is 10.4 Å². The zero-order chi connectivity index (χ0) is 14.7. The number of carbonyl (C=O) groups is 1. The van der Waals surface area contributed by atoms with Gasteiger partial charge in [0.2, 0.25) is 5.95 Å². The minimum atomic E-state index is -0.971. The maximum Gasteiger partial charge on any atom is 0.335 e. The van der Waals surface area contributed by atoms with Crippen LogP contribution in [0.1, 0.15) is 10.4 Å². The minimum Gasteiger partial charge on any atom is -0.478 e. The van der Waals surface area contributed by atoms with E-state index >= 15 is 0 Å². The van der Waals surface area contributed by atoms with E-state index < -0.39 is 5.97 Å². The molecule has 0 radical (unpaired) electrons. The molecule has 6 heteroatoms. The first kappa shape index (κ1) is 12.9. The number of nitrogens with zero attached hydrogens (tertiary/aromatic N) is 3. The first-order valence-electron chi connectivity index (χ1n) is 6.30. The van der Waals surface area contributed by atoms with Crippen molar-refractivity contribution in [1.29, 1.82) is 0 Å². The average molecular weight is 280 g/mol. The molecule has 0 saturated carbocycles. The van der Waals surface area contributed by atoms with Gasteiger partial charge in [0, 0.05) is 5.69 Å². The summed E-state index contributed by atoms with van der Waals surface area (Å²) < 4.78 is 1.64. The molecule has 2 aromatic carbocycles. The van der Waals surface area contributed by atoms with E-state index in [0.29, 0.717) is 11.6 Å². The lowest BCUT2D eigenvalue weighted by Crippen LogP contribution is -1.99. The Morgan fingerprint density at radius 1 is 1.10 bits per heavy atom. The minimum absolute atomic E-state index is 0.211. The predicted octanol–water partition coefficient (Wildman–Crippen LogP) is 2.71. The number of carboxylic acid groups (broad SMARTS) is 1. The molecule has 0 bridgehead atoms. The van der Waals surface area contributed by atoms with E-state index in [1.807, 2.05) is 30.3 Å². The fourth-order valence-corrected chi connectivity index (χ4v) is 1.88. The molecule has 0 atom stereocenters. The van der Waals surface area contributed by atoms with Crippen LogP contribution in [0.25, 0.3) is 5.69 Å². The third-order valence-electron chi connectivity index (χ3n) is 2.88. The fraction of sp³-hybridized carbons (Fsp3) is 0. The van der Waals surface area contributed by atoms with Crippen LogP contribution in [-0.4, -0.2) is 25.8 Å². The molecule has 0 unspecified atom stereocenters. The van der Waals surface area contributed by atoms with E-state index in [0.717, 1.165) is 5.69 Å². The molecule has 0 aliphatic heterocycles. The zero-order valence-corrected chi connectivity index (χ0v) is 11.0. The van der Waals surface area contributed by atoms with Gasteiger partial charge in [-0.25, -0.2) is 9.48 Å². The summed E-state index contributed by atoms with van der Waals surface area (Å²) in [4.78, 5) is 15.1. The van der Waals surface area contributed by atoms with Crippen LogP contribution in [0.3, 0.4) is 0 Å². The Morgan fingerprint density at radius 3 is 2.67 bits per heavy atom. The van der Waals surface area contributed by atoms with Crippen LogP contribution >= 0.6 is 0 Å².